The summed E-state index contributed by atoms with van der Waals surface area (Å²) in [6.45, 7) is -0.474. The van der Waals surface area contributed by atoms with E-state index in [4.69, 9.17) is 4.74 Å². The quantitative estimate of drug-likeness (QED) is 0.784. The Hall–Kier alpha value is -3.22. The van der Waals surface area contributed by atoms with Gasteiger partial charge in [-0.3, -0.25) is 14.4 Å². The molecule has 0 saturated carbocycles. The van der Waals surface area contributed by atoms with Gasteiger partial charge >= 0.3 is 5.97 Å². The molecule has 0 aromatic heterocycles. The van der Waals surface area contributed by atoms with Crippen LogP contribution in [0.1, 0.15) is 15.9 Å². The smallest absolute Gasteiger partial charge is 0.310 e. The lowest BCUT2D eigenvalue weighted by Crippen LogP contribution is -2.22. The largest absolute Gasteiger partial charge is 0.455 e. The van der Waals surface area contributed by atoms with Gasteiger partial charge in [-0.15, -0.1) is 0 Å². The molecule has 0 aliphatic carbocycles. The van der Waals surface area contributed by atoms with Crippen molar-refractivity contribution in [3.8, 4) is 0 Å². The van der Waals surface area contributed by atoms with Gasteiger partial charge in [0, 0.05) is 18.3 Å². The fourth-order valence-corrected chi connectivity index (χ4v) is 2.09. The van der Waals surface area contributed by atoms with E-state index in [9.17, 15) is 18.8 Å². The molecule has 0 saturated heterocycles. The third-order valence-corrected chi connectivity index (χ3v) is 3.24. The lowest BCUT2D eigenvalue weighted by Gasteiger charge is -2.08. The van der Waals surface area contributed by atoms with Gasteiger partial charge in [-0.1, -0.05) is 18.2 Å². The summed E-state index contributed by atoms with van der Waals surface area (Å²) >= 11 is 0. The number of esters is 1. The molecule has 0 radical (unpaired) electrons. The minimum absolute atomic E-state index is 0.128. The number of halogens is 1. The second-order valence-electron chi connectivity index (χ2n) is 5.18. The second-order valence-corrected chi connectivity index (χ2v) is 5.18. The molecule has 0 atom stereocenters. The van der Waals surface area contributed by atoms with Gasteiger partial charge < -0.3 is 15.4 Å². The second kappa shape index (κ2) is 8.58. The molecule has 130 valence electrons. The van der Waals surface area contributed by atoms with Crippen LogP contribution in [0, 0.1) is 5.82 Å². The highest BCUT2D eigenvalue weighted by atomic mass is 19.1. The lowest BCUT2D eigenvalue weighted by atomic mass is 10.1. The van der Waals surface area contributed by atoms with E-state index in [-0.39, 0.29) is 12.3 Å². The summed E-state index contributed by atoms with van der Waals surface area (Å²) in [5.74, 6) is -1.90. The summed E-state index contributed by atoms with van der Waals surface area (Å²) in [4.78, 5) is 35.1. The van der Waals surface area contributed by atoms with Gasteiger partial charge in [0.1, 0.15) is 5.82 Å². The van der Waals surface area contributed by atoms with Crippen LogP contribution in [-0.4, -0.2) is 31.4 Å². The molecule has 7 heteroatoms. The third kappa shape index (κ3) is 5.72. The number of hydrogen-bond donors (Lipinski definition) is 2. The molecule has 0 heterocycles. The Balaban J connectivity index is 1.84. The number of ether oxygens (including phenoxy) is 1. The topological polar surface area (TPSA) is 84.5 Å². The summed E-state index contributed by atoms with van der Waals surface area (Å²) in [5, 5.41) is 5.01. The molecule has 0 unspecified atom stereocenters. The minimum Gasteiger partial charge on any atom is -0.455 e. The SMILES string of the molecule is CNC(=O)c1cccc(NC(=O)COC(=O)Cc2cccc(F)c2)c1. The fraction of sp³-hybridized carbons (Fsp3) is 0.167. The molecule has 2 N–H and O–H groups in total. The molecule has 2 amide bonds. The van der Waals surface area contributed by atoms with Crippen LogP contribution in [0.2, 0.25) is 0 Å². The first kappa shape index (κ1) is 18.1. The van der Waals surface area contributed by atoms with Crippen molar-refractivity contribution in [1.82, 2.24) is 5.32 Å². The van der Waals surface area contributed by atoms with Crippen molar-refractivity contribution in [2.75, 3.05) is 19.0 Å². The van der Waals surface area contributed by atoms with Crippen LogP contribution in [-0.2, 0) is 20.7 Å². The maximum atomic E-state index is 13.0. The lowest BCUT2D eigenvalue weighted by molar-refractivity contribution is -0.146. The number of carbonyl (C=O) groups is 3. The average Bonchev–Trinajstić information content (AvgIpc) is 2.59. The number of rotatable bonds is 6. The van der Waals surface area contributed by atoms with Gasteiger partial charge in [-0.25, -0.2) is 4.39 Å². The Morgan fingerprint density at radius 1 is 1.08 bits per heavy atom. The maximum Gasteiger partial charge on any atom is 0.310 e. The van der Waals surface area contributed by atoms with Gasteiger partial charge in [-0.05, 0) is 35.9 Å². The molecular formula is C18H17FN2O4. The number of hydrogen-bond acceptors (Lipinski definition) is 4. The van der Waals surface area contributed by atoms with E-state index in [1.165, 1.54) is 31.3 Å². The summed E-state index contributed by atoms with van der Waals surface area (Å²) in [6.07, 6.45) is -0.128. The first-order valence-corrected chi connectivity index (χ1v) is 7.50. The first-order valence-electron chi connectivity index (χ1n) is 7.50. The summed E-state index contributed by atoms with van der Waals surface area (Å²) < 4.78 is 17.9. The van der Waals surface area contributed by atoms with Crippen LogP contribution in [0.3, 0.4) is 0 Å². The van der Waals surface area contributed by atoms with Crippen LogP contribution >= 0.6 is 0 Å². The first-order chi connectivity index (χ1) is 12.0. The normalized spacial score (nSPS) is 10.0. The predicted molar refractivity (Wildman–Crippen MR) is 89.5 cm³/mol. The van der Waals surface area contributed by atoms with Crippen LogP contribution in [0.4, 0.5) is 10.1 Å². The zero-order valence-corrected chi connectivity index (χ0v) is 13.5. The Labute approximate surface area is 144 Å². The van der Waals surface area contributed by atoms with Crippen molar-refractivity contribution in [2.45, 2.75) is 6.42 Å². The molecule has 0 spiro atoms. The highest BCUT2D eigenvalue weighted by Gasteiger charge is 2.10. The fourth-order valence-electron chi connectivity index (χ4n) is 2.09. The molecule has 2 aromatic rings. The molecule has 2 rings (SSSR count). The van der Waals surface area contributed by atoms with Gasteiger partial charge in [-0.2, -0.15) is 0 Å². The zero-order chi connectivity index (χ0) is 18.2. The van der Waals surface area contributed by atoms with E-state index in [0.717, 1.165) is 0 Å². The van der Waals surface area contributed by atoms with Crippen molar-refractivity contribution >= 4 is 23.5 Å². The van der Waals surface area contributed by atoms with Crippen LogP contribution < -0.4 is 10.6 Å². The molecule has 0 aliphatic rings. The van der Waals surface area contributed by atoms with Crippen LogP contribution in [0.15, 0.2) is 48.5 Å². The number of anilines is 1. The summed E-state index contributed by atoms with van der Waals surface area (Å²) in [7, 11) is 1.51. The van der Waals surface area contributed by atoms with E-state index in [1.54, 1.807) is 24.3 Å². The molecule has 0 fully saturated rings. The Bertz CT molecular complexity index is 792. The number of carbonyl (C=O) groups excluding carboxylic acids is 3. The van der Waals surface area contributed by atoms with Gasteiger partial charge in [0.15, 0.2) is 6.61 Å². The van der Waals surface area contributed by atoms with E-state index in [1.807, 2.05) is 0 Å². The van der Waals surface area contributed by atoms with E-state index in [0.29, 0.717) is 16.8 Å². The zero-order valence-electron chi connectivity index (χ0n) is 13.5. The molecule has 2 aromatic carbocycles. The Morgan fingerprint density at radius 3 is 2.56 bits per heavy atom. The van der Waals surface area contributed by atoms with Gasteiger partial charge in [0.2, 0.25) is 0 Å². The van der Waals surface area contributed by atoms with Crippen molar-refractivity contribution in [2.24, 2.45) is 0 Å². The summed E-state index contributed by atoms with van der Waals surface area (Å²) in [6, 6.07) is 11.9. The molecule has 0 bridgehead atoms. The molecule has 0 aliphatic heterocycles. The van der Waals surface area contributed by atoms with E-state index in [2.05, 4.69) is 10.6 Å². The number of nitrogens with one attached hydrogen (secondary N) is 2. The van der Waals surface area contributed by atoms with Crippen molar-refractivity contribution in [1.29, 1.82) is 0 Å². The number of benzene rings is 2. The van der Waals surface area contributed by atoms with Gasteiger partial charge in [0.05, 0.1) is 6.42 Å². The molecular weight excluding hydrogens is 327 g/mol. The van der Waals surface area contributed by atoms with Crippen molar-refractivity contribution in [3.63, 3.8) is 0 Å². The summed E-state index contributed by atoms with van der Waals surface area (Å²) in [5.41, 5.74) is 1.26. The Morgan fingerprint density at radius 2 is 1.84 bits per heavy atom. The van der Waals surface area contributed by atoms with E-state index < -0.39 is 24.3 Å². The average molecular weight is 344 g/mol. The predicted octanol–water partition coefficient (Wildman–Crippen LogP) is 1.91. The minimum atomic E-state index is -0.639. The standard InChI is InChI=1S/C18H17FN2O4/c1-20-18(24)13-5-3-7-15(10-13)21-16(22)11-25-17(23)9-12-4-2-6-14(19)8-12/h2-8,10H,9,11H2,1H3,(H,20,24)(H,21,22). The monoisotopic (exact) mass is 344 g/mol. The van der Waals surface area contributed by atoms with E-state index >= 15 is 0 Å². The molecule has 25 heavy (non-hydrogen) atoms. The number of amides is 2. The highest BCUT2D eigenvalue weighted by molar-refractivity contribution is 5.97. The van der Waals surface area contributed by atoms with Gasteiger partial charge in [0.25, 0.3) is 11.8 Å². The van der Waals surface area contributed by atoms with Crippen molar-refractivity contribution < 1.29 is 23.5 Å². The van der Waals surface area contributed by atoms with Crippen molar-refractivity contribution in [3.05, 3.63) is 65.5 Å². The maximum absolute atomic E-state index is 13.0. The van der Waals surface area contributed by atoms with Crippen LogP contribution in [0.25, 0.3) is 0 Å². The van der Waals surface area contributed by atoms with Crippen LogP contribution in [0.5, 0.6) is 0 Å². The third-order valence-electron chi connectivity index (χ3n) is 3.24. The highest BCUT2D eigenvalue weighted by Crippen LogP contribution is 2.10. The molecule has 6 nitrogen and oxygen atoms in total. The Kier molecular flexibility index (Phi) is 6.22.